The average molecular weight is 252 g/mol. The molecule has 0 fully saturated rings. The Hall–Kier alpha value is -1.42. The minimum absolute atomic E-state index is 0.101. The lowest BCUT2D eigenvalue weighted by Crippen LogP contribution is -2.48. The van der Waals surface area contributed by atoms with E-state index in [0.717, 1.165) is 0 Å². The second-order valence-corrected chi connectivity index (χ2v) is 5.33. The molecular formula is C14H21FN2O. The molecule has 1 aromatic carbocycles. The summed E-state index contributed by atoms with van der Waals surface area (Å²) in [6, 6.07) is 4.83. The molecule has 4 heteroatoms. The summed E-state index contributed by atoms with van der Waals surface area (Å²) < 4.78 is 13.8. The van der Waals surface area contributed by atoms with E-state index >= 15 is 0 Å². The first-order valence-corrected chi connectivity index (χ1v) is 5.96. The Balaban J connectivity index is 2.75. The first kappa shape index (κ1) is 14.6. The van der Waals surface area contributed by atoms with Crippen LogP contribution >= 0.6 is 0 Å². The van der Waals surface area contributed by atoms with Crippen molar-refractivity contribution in [3.63, 3.8) is 0 Å². The van der Waals surface area contributed by atoms with Gasteiger partial charge in [-0.15, -0.1) is 0 Å². The molecule has 18 heavy (non-hydrogen) atoms. The van der Waals surface area contributed by atoms with Gasteiger partial charge in [-0.3, -0.25) is 4.79 Å². The monoisotopic (exact) mass is 252 g/mol. The molecular weight excluding hydrogens is 231 g/mol. The lowest BCUT2D eigenvalue weighted by atomic mass is 10.0. The number of nitrogens with one attached hydrogen (secondary N) is 1. The predicted molar refractivity (Wildman–Crippen MR) is 71.2 cm³/mol. The van der Waals surface area contributed by atoms with Gasteiger partial charge in [0.1, 0.15) is 5.82 Å². The molecule has 0 radical (unpaired) electrons. The van der Waals surface area contributed by atoms with E-state index in [1.165, 1.54) is 6.07 Å². The van der Waals surface area contributed by atoms with Crippen molar-refractivity contribution >= 4 is 5.91 Å². The van der Waals surface area contributed by atoms with E-state index in [-0.39, 0.29) is 17.0 Å². The molecule has 0 bridgehead atoms. The summed E-state index contributed by atoms with van der Waals surface area (Å²) in [7, 11) is 3.89. The lowest BCUT2D eigenvalue weighted by molar-refractivity contribution is 0.0915. The van der Waals surface area contributed by atoms with Gasteiger partial charge in [0, 0.05) is 12.1 Å². The van der Waals surface area contributed by atoms with E-state index in [0.29, 0.717) is 12.1 Å². The van der Waals surface area contributed by atoms with Crippen molar-refractivity contribution in [1.82, 2.24) is 10.2 Å². The van der Waals surface area contributed by atoms with E-state index in [4.69, 9.17) is 0 Å². The number of hydrogen-bond acceptors (Lipinski definition) is 2. The van der Waals surface area contributed by atoms with Gasteiger partial charge < -0.3 is 10.2 Å². The number of amides is 1. The maximum Gasteiger partial charge on any atom is 0.254 e. The summed E-state index contributed by atoms with van der Waals surface area (Å²) in [6.07, 6.45) is 0. The number of nitrogens with zero attached hydrogens (tertiary/aromatic N) is 1. The number of hydrogen-bond donors (Lipinski definition) is 1. The van der Waals surface area contributed by atoms with Crippen LogP contribution in [0, 0.1) is 12.7 Å². The van der Waals surface area contributed by atoms with Crippen LogP contribution in [0.4, 0.5) is 4.39 Å². The van der Waals surface area contributed by atoms with Gasteiger partial charge in [0.2, 0.25) is 0 Å². The van der Waals surface area contributed by atoms with Gasteiger partial charge in [-0.1, -0.05) is 12.1 Å². The molecule has 100 valence electrons. The zero-order chi connectivity index (χ0) is 13.9. The predicted octanol–water partition coefficient (Wildman–Crippen LogP) is 2.20. The number of benzene rings is 1. The Morgan fingerprint density at radius 3 is 2.56 bits per heavy atom. The summed E-state index contributed by atoms with van der Waals surface area (Å²) in [5, 5.41) is 2.77. The Kier molecular flexibility index (Phi) is 4.46. The highest BCUT2D eigenvalue weighted by Gasteiger charge is 2.22. The summed E-state index contributed by atoms with van der Waals surface area (Å²) >= 11 is 0. The molecule has 0 spiro atoms. The van der Waals surface area contributed by atoms with Crippen molar-refractivity contribution in [3.8, 4) is 0 Å². The molecule has 1 amide bonds. The molecule has 0 saturated carbocycles. The molecule has 0 heterocycles. The van der Waals surface area contributed by atoms with Gasteiger partial charge in [-0.25, -0.2) is 4.39 Å². The van der Waals surface area contributed by atoms with Gasteiger partial charge >= 0.3 is 0 Å². The molecule has 0 aliphatic rings. The highest BCUT2D eigenvalue weighted by molar-refractivity contribution is 5.94. The van der Waals surface area contributed by atoms with Gasteiger partial charge in [-0.05, 0) is 46.5 Å². The van der Waals surface area contributed by atoms with Crippen LogP contribution < -0.4 is 5.32 Å². The van der Waals surface area contributed by atoms with E-state index < -0.39 is 5.82 Å². The van der Waals surface area contributed by atoms with Crippen molar-refractivity contribution in [2.24, 2.45) is 0 Å². The Morgan fingerprint density at radius 1 is 1.39 bits per heavy atom. The molecule has 0 aliphatic carbocycles. The molecule has 1 N–H and O–H groups in total. The van der Waals surface area contributed by atoms with Crippen LogP contribution in [-0.2, 0) is 0 Å². The fraction of sp³-hybridized carbons (Fsp3) is 0.500. The third-order valence-electron chi connectivity index (χ3n) is 3.33. The molecule has 0 aliphatic heterocycles. The normalized spacial score (nSPS) is 11.7. The van der Waals surface area contributed by atoms with Gasteiger partial charge in [0.25, 0.3) is 5.91 Å². The third kappa shape index (κ3) is 3.29. The quantitative estimate of drug-likeness (QED) is 0.891. The van der Waals surface area contributed by atoms with Gasteiger partial charge in [0.05, 0.1) is 5.56 Å². The van der Waals surface area contributed by atoms with E-state index in [1.54, 1.807) is 19.1 Å². The molecule has 1 aromatic rings. The van der Waals surface area contributed by atoms with Crippen LogP contribution in [0.25, 0.3) is 0 Å². The molecule has 0 saturated heterocycles. The number of carbonyl (C=O) groups is 1. The maximum absolute atomic E-state index is 13.8. The minimum Gasteiger partial charge on any atom is -0.350 e. The van der Waals surface area contributed by atoms with Crippen molar-refractivity contribution in [2.45, 2.75) is 26.3 Å². The van der Waals surface area contributed by atoms with Crippen molar-refractivity contribution in [3.05, 3.63) is 35.1 Å². The number of halogens is 1. The topological polar surface area (TPSA) is 32.3 Å². The second-order valence-electron chi connectivity index (χ2n) is 5.33. The first-order valence-electron chi connectivity index (χ1n) is 5.96. The summed E-state index contributed by atoms with van der Waals surface area (Å²) in [6.45, 7) is 6.14. The zero-order valence-corrected chi connectivity index (χ0v) is 11.7. The fourth-order valence-electron chi connectivity index (χ4n) is 1.37. The minimum atomic E-state index is -0.447. The van der Waals surface area contributed by atoms with Crippen LogP contribution in [0.2, 0.25) is 0 Å². The maximum atomic E-state index is 13.8. The summed E-state index contributed by atoms with van der Waals surface area (Å²) in [5.74, 6) is -0.816. The molecule has 0 aromatic heterocycles. The molecule has 0 unspecified atom stereocenters. The Labute approximate surface area is 108 Å². The van der Waals surface area contributed by atoms with Crippen LogP contribution in [-0.4, -0.2) is 37.0 Å². The van der Waals surface area contributed by atoms with Gasteiger partial charge in [-0.2, -0.15) is 0 Å². The van der Waals surface area contributed by atoms with Crippen molar-refractivity contribution in [2.75, 3.05) is 20.6 Å². The third-order valence-corrected chi connectivity index (χ3v) is 3.33. The smallest absolute Gasteiger partial charge is 0.254 e. The Bertz CT molecular complexity index is 441. The molecule has 1 rings (SSSR count). The van der Waals surface area contributed by atoms with Crippen LogP contribution in [0.15, 0.2) is 18.2 Å². The highest BCUT2D eigenvalue weighted by Crippen LogP contribution is 2.13. The standard InChI is InChI=1S/C14H21FN2O/c1-10-7-6-8-11(12(10)15)13(18)16-9-14(2,3)17(4)5/h6-8H,9H2,1-5H3,(H,16,18). The van der Waals surface area contributed by atoms with Gasteiger partial charge in [0.15, 0.2) is 0 Å². The van der Waals surface area contributed by atoms with Crippen LogP contribution in [0.5, 0.6) is 0 Å². The van der Waals surface area contributed by atoms with E-state index in [1.807, 2.05) is 32.8 Å². The molecule has 3 nitrogen and oxygen atoms in total. The summed E-state index contributed by atoms with van der Waals surface area (Å²) in [4.78, 5) is 13.9. The van der Waals surface area contributed by atoms with Crippen molar-refractivity contribution < 1.29 is 9.18 Å². The molecule has 0 atom stereocenters. The SMILES string of the molecule is Cc1cccc(C(=O)NCC(C)(C)N(C)C)c1F. The number of carbonyl (C=O) groups excluding carboxylic acids is 1. The number of likely N-dealkylation sites (N-methyl/N-ethyl adjacent to an activating group) is 1. The van der Waals surface area contributed by atoms with Crippen LogP contribution in [0.1, 0.15) is 29.8 Å². The first-order chi connectivity index (χ1) is 8.25. The average Bonchev–Trinajstić information content (AvgIpc) is 2.29. The fourth-order valence-corrected chi connectivity index (χ4v) is 1.37. The second kappa shape index (κ2) is 5.48. The summed E-state index contributed by atoms with van der Waals surface area (Å²) in [5.41, 5.74) is 0.412. The lowest BCUT2D eigenvalue weighted by Gasteiger charge is -2.32. The van der Waals surface area contributed by atoms with Crippen molar-refractivity contribution in [1.29, 1.82) is 0 Å². The number of rotatable bonds is 4. The van der Waals surface area contributed by atoms with E-state index in [9.17, 15) is 9.18 Å². The highest BCUT2D eigenvalue weighted by atomic mass is 19.1. The Morgan fingerprint density at radius 2 is 2.00 bits per heavy atom. The van der Waals surface area contributed by atoms with Crippen LogP contribution in [0.3, 0.4) is 0 Å². The number of aryl methyl sites for hydroxylation is 1. The van der Waals surface area contributed by atoms with E-state index in [2.05, 4.69) is 5.32 Å². The largest absolute Gasteiger partial charge is 0.350 e. The zero-order valence-electron chi connectivity index (χ0n) is 11.7.